The summed E-state index contributed by atoms with van der Waals surface area (Å²) in [6, 6.07) is 2.23. The summed E-state index contributed by atoms with van der Waals surface area (Å²) in [5, 5.41) is 11.9. The maximum Gasteiger partial charge on any atom is 0.241 e. The van der Waals surface area contributed by atoms with Crippen LogP contribution in [0.15, 0.2) is 18.7 Å². The molecule has 1 atom stereocenters. The zero-order valence-corrected chi connectivity index (χ0v) is 12.4. The molecule has 0 saturated carbocycles. The molecule has 1 unspecified atom stereocenters. The van der Waals surface area contributed by atoms with Crippen molar-refractivity contribution in [3.8, 4) is 12.0 Å². The van der Waals surface area contributed by atoms with Gasteiger partial charge in [0, 0.05) is 32.5 Å². The van der Waals surface area contributed by atoms with Crippen molar-refractivity contribution in [1.29, 1.82) is 5.26 Å². The van der Waals surface area contributed by atoms with Crippen LogP contribution in [0.2, 0.25) is 0 Å². The lowest BCUT2D eigenvalue weighted by atomic mass is 10.2. The Morgan fingerprint density at radius 2 is 2.24 bits per heavy atom. The monoisotopic (exact) mass is 286 g/mol. The molecule has 2 heterocycles. The Kier molecular flexibility index (Phi) is 4.66. The summed E-state index contributed by atoms with van der Waals surface area (Å²) in [4.78, 5) is 19.1. The summed E-state index contributed by atoms with van der Waals surface area (Å²) < 4.78 is 1.72. The van der Waals surface area contributed by atoms with E-state index in [1.54, 1.807) is 30.3 Å². The van der Waals surface area contributed by atoms with E-state index in [0.29, 0.717) is 30.9 Å². The number of nitriles is 1. The van der Waals surface area contributed by atoms with Crippen LogP contribution in [0.3, 0.4) is 0 Å². The van der Waals surface area contributed by atoms with E-state index in [2.05, 4.69) is 31.3 Å². The number of aromatic nitrogens is 5. The van der Waals surface area contributed by atoms with Gasteiger partial charge in [-0.3, -0.25) is 4.57 Å². The van der Waals surface area contributed by atoms with Gasteiger partial charge in [-0.2, -0.15) is 20.2 Å². The number of imidazole rings is 1. The third-order valence-electron chi connectivity index (χ3n) is 2.95. The largest absolute Gasteiger partial charge is 0.357 e. The van der Waals surface area contributed by atoms with E-state index in [9.17, 15) is 0 Å². The van der Waals surface area contributed by atoms with Gasteiger partial charge in [0.05, 0.1) is 12.0 Å². The topological polar surface area (TPSA) is 95.6 Å². The summed E-state index contributed by atoms with van der Waals surface area (Å²) in [5.74, 6) is 1.41. The Labute approximate surface area is 123 Å². The second kappa shape index (κ2) is 6.65. The van der Waals surface area contributed by atoms with Crippen molar-refractivity contribution >= 4 is 11.9 Å². The first-order valence-electron chi connectivity index (χ1n) is 6.74. The van der Waals surface area contributed by atoms with Crippen molar-refractivity contribution in [2.75, 3.05) is 30.4 Å². The molecule has 2 rings (SSSR count). The van der Waals surface area contributed by atoms with Gasteiger partial charge in [0.15, 0.2) is 0 Å². The van der Waals surface area contributed by atoms with Gasteiger partial charge < -0.3 is 10.2 Å². The molecule has 0 amide bonds. The fourth-order valence-electron chi connectivity index (χ4n) is 1.82. The van der Waals surface area contributed by atoms with Crippen LogP contribution in [-0.4, -0.2) is 44.6 Å². The molecule has 0 spiro atoms. The van der Waals surface area contributed by atoms with E-state index in [0.717, 1.165) is 0 Å². The van der Waals surface area contributed by atoms with Gasteiger partial charge >= 0.3 is 0 Å². The quantitative estimate of drug-likeness (QED) is 0.849. The molecule has 0 aromatic carbocycles. The lowest BCUT2D eigenvalue weighted by molar-refractivity contribution is 0.667. The highest BCUT2D eigenvalue weighted by Gasteiger charge is 2.15. The highest BCUT2D eigenvalue weighted by Crippen LogP contribution is 2.14. The summed E-state index contributed by atoms with van der Waals surface area (Å²) in [6.45, 7) is 5.16. The Morgan fingerprint density at radius 1 is 1.43 bits per heavy atom. The highest BCUT2D eigenvalue weighted by molar-refractivity contribution is 5.40. The van der Waals surface area contributed by atoms with Crippen LogP contribution in [0.25, 0.3) is 5.95 Å². The standard InChI is InChI=1S/C13H18N8/c1-4-20(8-10(2)7-14)12-17-11(15-3)18-13(19-12)21-6-5-16-9-21/h5-6,9-10H,4,8H2,1-3H3,(H,15,17,18,19). The van der Waals surface area contributed by atoms with Crippen LogP contribution < -0.4 is 10.2 Å². The van der Waals surface area contributed by atoms with E-state index in [-0.39, 0.29) is 5.92 Å². The molecule has 0 radical (unpaired) electrons. The second-order valence-corrected chi connectivity index (χ2v) is 4.55. The normalized spacial score (nSPS) is 11.7. The van der Waals surface area contributed by atoms with Gasteiger partial charge in [0.1, 0.15) is 6.33 Å². The molecule has 0 saturated heterocycles. The zero-order chi connectivity index (χ0) is 15.2. The first-order chi connectivity index (χ1) is 10.2. The van der Waals surface area contributed by atoms with Crippen LogP contribution in [0.1, 0.15) is 13.8 Å². The fourth-order valence-corrected chi connectivity index (χ4v) is 1.82. The predicted octanol–water partition coefficient (Wildman–Crippen LogP) is 1.08. The SMILES string of the molecule is CCN(CC(C)C#N)c1nc(NC)nc(-n2ccnc2)n1. The van der Waals surface area contributed by atoms with Crippen molar-refractivity contribution < 1.29 is 0 Å². The minimum absolute atomic E-state index is 0.101. The molecule has 110 valence electrons. The van der Waals surface area contributed by atoms with Crippen LogP contribution >= 0.6 is 0 Å². The average Bonchev–Trinajstić information content (AvgIpc) is 3.06. The van der Waals surface area contributed by atoms with Crippen molar-refractivity contribution in [3.05, 3.63) is 18.7 Å². The summed E-state index contributed by atoms with van der Waals surface area (Å²) in [6.07, 6.45) is 5.07. The number of hydrogen-bond donors (Lipinski definition) is 1. The lowest BCUT2D eigenvalue weighted by Gasteiger charge is -2.22. The summed E-state index contributed by atoms with van der Waals surface area (Å²) in [7, 11) is 1.75. The number of anilines is 2. The van der Waals surface area contributed by atoms with E-state index in [1.807, 2.05) is 18.7 Å². The molecule has 21 heavy (non-hydrogen) atoms. The van der Waals surface area contributed by atoms with Crippen LogP contribution in [-0.2, 0) is 0 Å². The highest BCUT2D eigenvalue weighted by atomic mass is 15.3. The van der Waals surface area contributed by atoms with Gasteiger partial charge in [-0.25, -0.2) is 4.98 Å². The van der Waals surface area contributed by atoms with E-state index < -0.39 is 0 Å². The fraction of sp³-hybridized carbons (Fsp3) is 0.462. The summed E-state index contributed by atoms with van der Waals surface area (Å²) >= 11 is 0. The van der Waals surface area contributed by atoms with E-state index in [1.165, 1.54) is 0 Å². The van der Waals surface area contributed by atoms with Crippen molar-refractivity contribution in [2.45, 2.75) is 13.8 Å². The number of rotatable bonds is 6. The molecule has 8 heteroatoms. The van der Waals surface area contributed by atoms with Gasteiger partial charge in [-0.1, -0.05) is 0 Å². The van der Waals surface area contributed by atoms with E-state index >= 15 is 0 Å². The van der Waals surface area contributed by atoms with Gasteiger partial charge in [-0.15, -0.1) is 0 Å². The molecule has 2 aromatic heterocycles. The molecular formula is C13H18N8. The Morgan fingerprint density at radius 3 is 2.81 bits per heavy atom. The first kappa shape index (κ1) is 14.7. The van der Waals surface area contributed by atoms with Gasteiger partial charge in [-0.05, 0) is 13.8 Å². The smallest absolute Gasteiger partial charge is 0.241 e. The van der Waals surface area contributed by atoms with Gasteiger partial charge in [0.2, 0.25) is 17.8 Å². The number of hydrogen-bond acceptors (Lipinski definition) is 7. The molecular weight excluding hydrogens is 268 g/mol. The zero-order valence-electron chi connectivity index (χ0n) is 12.4. The Bertz CT molecular complexity index is 616. The maximum absolute atomic E-state index is 8.98. The van der Waals surface area contributed by atoms with Crippen molar-refractivity contribution in [3.63, 3.8) is 0 Å². The third kappa shape index (κ3) is 3.45. The molecule has 0 bridgehead atoms. The molecule has 8 nitrogen and oxygen atoms in total. The Hall–Kier alpha value is -2.69. The van der Waals surface area contributed by atoms with Crippen LogP contribution in [0, 0.1) is 17.2 Å². The maximum atomic E-state index is 8.98. The molecule has 2 aromatic rings. The molecule has 1 N–H and O–H groups in total. The summed E-state index contributed by atoms with van der Waals surface area (Å²) in [5.41, 5.74) is 0. The minimum Gasteiger partial charge on any atom is -0.357 e. The third-order valence-corrected chi connectivity index (χ3v) is 2.95. The van der Waals surface area contributed by atoms with Crippen LogP contribution in [0.4, 0.5) is 11.9 Å². The minimum atomic E-state index is -0.101. The molecule has 0 fully saturated rings. The van der Waals surface area contributed by atoms with E-state index in [4.69, 9.17) is 5.26 Å². The van der Waals surface area contributed by atoms with Crippen molar-refractivity contribution in [1.82, 2.24) is 24.5 Å². The number of nitrogens with zero attached hydrogens (tertiary/aromatic N) is 7. The van der Waals surface area contributed by atoms with Crippen molar-refractivity contribution in [2.24, 2.45) is 5.92 Å². The van der Waals surface area contributed by atoms with Crippen LogP contribution in [0.5, 0.6) is 0 Å². The average molecular weight is 286 g/mol. The first-order valence-corrected chi connectivity index (χ1v) is 6.74. The molecule has 0 aliphatic heterocycles. The second-order valence-electron chi connectivity index (χ2n) is 4.55. The Balaban J connectivity index is 2.38. The molecule has 0 aliphatic carbocycles. The lowest BCUT2D eigenvalue weighted by Crippen LogP contribution is -2.30. The van der Waals surface area contributed by atoms with Gasteiger partial charge in [0.25, 0.3) is 0 Å². The number of nitrogens with one attached hydrogen (secondary N) is 1. The predicted molar refractivity (Wildman–Crippen MR) is 79.2 cm³/mol. The molecule has 0 aliphatic rings.